The molecule has 106 valence electrons. The summed E-state index contributed by atoms with van der Waals surface area (Å²) in [7, 11) is 0. The Labute approximate surface area is 118 Å². The molecule has 0 unspecified atom stereocenters. The maximum atomic E-state index is 12.5. The average molecular weight is 273 g/mol. The van der Waals surface area contributed by atoms with E-state index < -0.39 is 5.97 Å². The number of amides is 1. The molecule has 1 aromatic rings. The minimum absolute atomic E-state index is 0.144. The highest BCUT2D eigenvalue weighted by molar-refractivity contribution is 5.96. The highest BCUT2D eigenvalue weighted by Crippen LogP contribution is 2.30. The molecular weight excluding hydrogens is 254 g/mol. The molecule has 1 amide bonds. The fraction of sp³-hybridized carbons (Fsp3) is 0.500. The van der Waals surface area contributed by atoms with Gasteiger partial charge in [0, 0.05) is 12.1 Å². The number of hydrogen-bond donors (Lipinski definition) is 1. The molecule has 1 aromatic carbocycles. The minimum atomic E-state index is -0.944. The number of fused-ring (bicyclic) bond motifs is 1. The number of rotatable bonds is 5. The van der Waals surface area contributed by atoms with Crippen LogP contribution < -0.4 is 0 Å². The summed E-state index contributed by atoms with van der Waals surface area (Å²) in [6.45, 7) is 0.370. The van der Waals surface area contributed by atoms with E-state index in [9.17, 15) is 9.59 Å². The summed E-state index contributed by atoms with van der Waals surface area (Å²) < 4.78 is 0. The highest BCUT2D eigenvalue weighted by atomic mass is 16.4. The maximum absolute atomic E-state index is 12.5. The molecule has 0 heterocycles. The number of carboxylic acid groups (broad SMARTS) is 1. The molecule has 1 N–H and O–H groups in total. The first-order valence-corrected chi connectivity index (χ1v) is 7.26. The lowest BCUT2D eigenvalue weighted by atomic mass is 10.1. The van der Waals surface area contributed by atoms with E-state index in [1.54, 1.807) is 0 Å². The molecule has 4 nitrogen and oxygen atoms in total. The second-order valence-electron chi connectivity index (χ2n) is 5.86. The van der Waals surface area contributed by atoms with Gasteiger partial charge in [-0.3, -0.25) is 9.59 Å². The molecule has 2 aliphatic rings. The Morgan fingerprint density at radius 1 is 1.20 bits per heavy atom. The van der Waals surface area contributed by atoms with Gasteiger partial charge in [-0.15, -0.1) is 0 Å². The standard InChI is InChI=1S/C16H19NO3/c18-15(19)10-17(9-11-4-5-11)16(20)14-7-6-12-2-1-3-13(12)8-14/h6-8,11H,1-5,9-10H2,(H,18,19). The van der Waals surface area contributed by atoms with Crippen LogP contribution in [0.1, 0.15) is 40.7 Å². The Hall–Kier alpha value is -1.84. The molecule has 1 saturated carbocycles. The van der Waals surface area contributed by atoms with Crippen molar-refractivity contribution in [2.24, 2.45) is 5.92 Å². The number of benzene rings is 1. The van der Waals surface area contributed by atoms with Crippen molar-refractivity contribution < 1.29 is 14.7 Å². The van der Waals surface area contributed by atoms with Crippen molar-refractivity contribution in [2.45, 2.75) is 32.1 Å². The third kappa shape index (κ3) is 2.84. The minimum Gasteiger partial charge on any atom is -0.480 e. The van der Waals surface area contributed by atoms with Gasteiger partial charge in [0.05, 0.1) is 0 Å². The lowest BCUT2D eigenvalue weighted by Gasteiger charge is -2.21. The Kier molecular flexibility index (Phi) is 3.47. The number of carbonyl (C=O) groups is 2. The van der Waals surface area contributed by atoms with Gasteiger partial charge >= 0.3 is 5.97 Å². The van der Waals surface area contributed by atoms with Crippen LogP contribution in [0.25, 0.3) is 0 Å². The predicted octanol–water partition coefficient (Wildman–Crippen LogP) is 2.11. The summed E-state index contributed by atoms with van der Waals surface area (Å²) in [5.41, 5.74) is 3.21. The number of carboxylic acids is 1. The van der Waals surface area contributed by atoms with Crippen molar-refractivity contribution in [2.75, 3.05) is 13.1 Å². The van der Waals surface area contributed by atoms with E-state index in [0.29, 0.717) is 18.0 Å². The van der Waals surface area contributed by atoms with Gasteiger partial charge in [-0.1, -0.05) is 6.07 Å². The van der Waals surface area contributed by atoms with Gasteiger partial charge < -0.3 is 10.0 Å². The number of nitrogens with zero attached hydrogens (tertiary/aromatic N) is 1. The Morgan fingerprint density at radius 3 is 2.65 bits per heavy atom. The van der Waals surface area contributed by atoms with Crippen LogP contribution in [0, 0.1) is 5.92 Å². The highest BCUT2D eigenvalue weighted by Gasteiger charge is 2.28. The van der Waals surface area contributed by atoms with Crippen LogP contribution in [-0.4, -0.2) is 35.0 Å². The van der Waals surface area contributed by atoms with Gasteiger partial charge in [-0.05, 0) is 61.3 Å². The van der Waals surface area contributed by atoms with Crippen LogP contribution in [0.3, 0.4) is 0 Å². The largest absolute Gasteiger partial charge is 0.480 e. The normalized spacial score (nSPS) is 16.8. The third-order valence-electron chi connectivity index (χ3n) is 4.13. The Bertz CT molecular complexity index is 549. The zero-order chi connectivity index (χ0) is 14.1. The van der Waals surface area contributed by atoms with Crippen molar-refractivity contribution in [3.05, 3.63) is 34.9 Å². The first-order valence-electron chi connectivity index (χ1n) is 7.26. The van der Waals surface area contributed by atoms with Gasteiger partial charge in [0.15, 0.2) is 0 Å². The van der Waals surface area contributed by atoms with E-state index in [2.05, 4.69) is 0 Å². The average Bonchev–Trinajstić information content (AvgIpc) is 3.11. The van der Waals surface area contributed by atoms with E-state index in [4.69, 9.17) is 5.11 Å². The molecule has 3 rings (SSSR count). The summed E-state index contributed by atoms with van der Waals surface area (Å²) in [4.78, 5) is 24.9. The molecule has 0 radical (unpaired) electrons. The zero-order valence-corrected chi connectivity index (χ0v) is 11.5. The number of carbonyl (C=O) groups excluding carboxylic acids is 1. The monoisotopic (exact) mass is 273 g/mol. The fourth-order valence-electron chi connectivity index (χ4n) is 2.88. The lowest BCUT2D eigenvalue weighted by Crippen LogP contribution is -2.37. The SMILES string of the molecule is O=C(O)CN(CC1CC1)C(=O)c1ccc2c(c1)CCC2. The van der Waals surface area contributed by atoms with E-state index in [-0.39, 0.29) is 12.5 Å². The van der Waals surface area contributed by atoms with Crippen LogP contribution in [0.2, 0.25) is 0 Å². The molecule has 0 spiro atoms. The second kappa shape index (κ2) is 5.27. The Balaban J connectivity index is 1.78. The van der Waals surface area contributed by atoms with E-state index >= 15 is 0 Å². The molecule has 20 heavy (non-hydrogen) atoms. The van der Waals surface area contributed by atoms with Gasteiger partial charge in [0.25, 0.3) is 5.91 Å². The van der Waals surface area contributed by atoms with Crippen LogP contribution in [0.15, 0.2) is 18.2 Å². The summed E-state index contributed by atoms with van der Waals surface area (Å²) in [5.74, 6) is -0.595. The fourth-order valence-corrected chi connectivity index (χ4v) is 2.88. The van der Waals surface area contributed by atoms with E-state index in [1.807, 2.05) is 18.2 Å². The maximum Gasteiger partial charge on any atom is 0.323 e. The van der Waals surface area contributed by atoms with Crippen molar-refractivity contribution >= 4 is 11.9 Å². The quantitative estimate of drug-likeness (QED) is 0.894. The second-order valence-corrected chi connectivity index (χ2v) is 5.86. The van der Waals surface area contributed by atoms with E-state index in [0.717, 1.165) is 32.1 Å². The van der Waals surface area contributed by atoms with Crippen molar-refractivity contribution in [3.63, 3.8) is 0 Å². The van der Waals surface area contributed by atoms with Gasteiger partial charge in [0.2, 0.25) is 0 Å². The smallest absolute Gasteiger partial charge is 0.323 e. The lowest BCUT2D eigenvalue weighted by molar-refractivity contribution is -0.137. The van der Waals surface area contributed by atoms with Crippen molar-refractivity contribution in [1.29, 1.82) is 0 Å². The summed E-state index contributed by atoms with van der Waals surface area (Å²) in [5, 5.41) is 8.97. The zero-order valence-electron chi connectivity index (χ0n) is 11.5. The summed E-state index contributed by atoms with van der Waals surface area (Å²) in [6, 6.07) is 5.81. The Morgan fingerprint density at radius 2 is 1.95 bits per heavy atom. The third-order valence-corrected chi connectivity index (χ3v) is 4.13. The van der Waals surface area contributed by atoms with Gasteiger partial charge in [-0.25, -0.2) is 0 Å². The molecule has 2 aliphatic carbocycles. The van der Waals surface area contributed by atoms with Crippen molar-refractivity contribution in [3.8, 4) is 0 Å². The molecule has 1 fully saturated rings. The molecule has 4 heteroatoms. The number of aryl methyl sites for hydroxylation is 2. The summed E-state index contributed by atoms with van der Waals surface area (Å²) >= 11 is 0. The topological polar surface area (TPSA) is 57.6 Å². The first kappa shape index (κ1) is 13.2. The van der Waals surface area contributed by atoms with Crippen LogP contribution in [0.4, 0.5) is 0 Å². The molecule has 0 bridgehead atoms. The molecule has 0 saturated heterocycles. The summed E-state index contributed by atoms with van der Waals surface area (Å²) in [6.07, 6.45) is 5.47. The van der Waals surface area contributed by atoms with Gasteiger partial charge in [0.1, 0.15) is 6.54 Å². The number of hydrogen-bond acceptors (Lipinski definition) is 2. The number of aliphatic carboxylic acids is 1. The molecular formula is C16H19NO3. The predicted molar refractivity (Wildman–Crippen MR) is 74.7 cm³/mol. The van der Waals surface area contributed by atoms with Crippen LogP contribution in [0.5, 0.6) is 0 Å². The van der Waals surface area contributed by atoms with Crippen molar-refractivity contribution in [1.82, 2.24) is 4.90 Å². The molecule has 0 aromatic heterocycles. The van der Waals surface area contributed by atoms with Crippen LogP contribution in [-0.2, 0) is 17.6 Å². The molecule has 0 aliphatic heterocycles. The van der Waals surface area contributed by atoms with Crippen LogP contribution >= 0.6 is 0 Å². The van der Waals surface area contributed by atoms with Gasteiger partial charge in [-0.2, -0.15) is 0 Å². The van der Waals surface area contributed by atoms with E-state index in [1.165, 1.54) is 16.0 Å². The molecule has 0 atom stereocenters. The first-order chi connectivity index (χ1) is 9.63.